The molecule has 2 aromatic heterocycles. The van der Waals surface area contributed by atoms with Gasteiger partial charge < -0.3 is 28.5 Å². The molecule has 0 saturated carbocycles. The van der Waals surface area contributed by atoms with Crippen molar-refractivity contribution in [1.29, 1.82) is 0 Å². The van der Waals surface area contributed by atoms with Crippen LogP contribution >= 0.6 is 0 Å². The van der Waals surface area contributed by atoms with Gasteiger partial charge in [-0.05, 0) is 52.5 Å². The summed E-state index contributed by atoms with van der Waals surface area (Å²) in [7, 11) is 0. The highest BCUT2D eigenvalue weighted by atomic mass is 19.4. The SMILES string of the molecule is C[C@@H]1CC(O)CCC[C@](OCc2ccccc2)(C(F)(F)F)c2nnc(o2)-c2nc(c(C(F)(F)F)cc2OC(=O)NC(=O)OC(C)(C)C)O1. The number of rotatable bonds is 4. The second-order valence-corrected chi connectivity index (χ2v) is 11.9. The van der Waals surface area contributed by atoms with Crippen LogP contribution in [-0.4, -0.2) is 56.5 Å². The van der Waals surface area contributed by atoms with Crippen molar-refractivity contribution in [3.8, 4) is 23.2 Å². The molecule has 0 aliphatic carbocycles. The number of aromatic nitrogens is 3. The Labute approximate surface area is 269 Å². The Kier molecular flexibility index (Phi) is 10.6. The molecule has 1 aliphatic rings. The summed E-state index contributed by atoms with van der Waals surface area (Å²) < 4.78 is 114. The molecule has 0 spiro atoms. The van der Waals surface area contributed by atoms with Crippen LogP contribution in [0, 0.1) is 0 Å². The summed E-state index contributed by atoms with van der Waals surface area (Å²) in [5, 5.41) is 19.4. The fourth-order valence-corrected chi connectivity index (χ4v) is 4.69. The minimum atomic E-state index is -5.19. The van der Waals surface area contributed by atoms with Crippen LogP contribution in [0.5, 0.6) is 11.6 Å². The molecule has 4 rings (SSSR count). The Morgan fingerprint density at radius 3 is 2.38 bits per heavy atom. The molecule has 2 amide bonds. The lowest BCUT2D eigenvalue weighted by Crippen LogP contribution is -2.45. The molecule has 0 fully saturated rings. The highest BCUT2D eigenvalue weighted by Crippen LogP contribution is 2.48. The molecule has 0 radical (unpaired) electrons. The monoisotopic (exact) mass is 690 g/mol. The number of imide groups is 1. The van der Waals surface area contributed by atoms with Crippen molar-refractivity contribution in [1.82, 2.24) is 20.5 Å². The summed E-state index contributed by atoms with van der Waals surface area (Å²) >= 11 is 0. The molecule has 18 heteroatoms. The normalized spacial score (nSPS) is 20.6. The van der Waals surface area contributed by atoms with Crippen LogP contribution in [0.3, 0.4) is 0 Å². The maximum absolute atomic E-state index is 15.0. The number of nitrogens with zero attached hydrogens (tertiary/aromatic N) is 3. The van der Waals surface area contributed by atoms with Crippen LogP contribution in [0.2, 0.25) is 0 Å². The number of pyridine rings is 1. The van der Waals surface area contributed by atoms with Gasteiger partial charge in [0.15, 0.2) is 11.4 Å². The Bertz CT molecular complexity index is 1590. The molecule has 3 heterocycles. The average Bonchev–Trinajstić information content (AvgIpc) is 3.43. The molecule has 0 saturated heterocycles. The van der Waals surface area contributed by atoms with Gasteiger partial charge in [0.2, 0.25) is 11.5 Å². The van der Waals surface area contributed by atoms with Crippen molar-refractivity contribution in [2.45, 2.75) is 95.7 Å². The van der Waals surface area contributed by atoms with E-state index in [-0.39, 0.29) is 25.3 Å². The maximum Gasteiger partial charge on any atom is 0.426 e. The van der Waals surface area contributed by atoms with Crippen LogP contribution in [-0.2, 0) is 27.9 Å². The Morgan fingerprint density at radius 2 is 1.75 bits per heavy atom. The van der Waals surface area contributed by atoms with E-state index >= 15 is 0 Å². The average molecular weight is 691 g/mol. The second kappa shape index (κ2) is 14.0. The van der Waals surface area contributed by atoms with Crippen LogP contribution in [0.25, 0.3) is 11.6 Å². The van der Waals surface area contributed by atoms with Gasteiger partial charge in [-0.2, -0.15) is 26.3 Å². The van der Waals surface area contributed by atoms with E-state index in [1.807, 2.05) is 0 Å². The molecule has 48 heavy (non-hydrogen) atoms. The van der Waals surface area contributed by atoms with Gasteiger partial charge in [-0.3, -0.25) is 0 Å². The molecule has 1 unspecified atom stereocenters. The Morgan fingerprint density at radius 1 is 1.06 bits per heavy atom. The molecule has 3 atom stereocenters. The topological polar surface area (TPSA) is 155 Å². The van der Waals surface area contributed by atoms with Gasteiger partial charge in [-0.1, -0.05) is 30.3 Å². The summed E-state index contributed by atoms with van der Waals surface area (Å²) in [6, 6.07) is 8.15. The highest BCUT2D eigenvalue weighted by Gasteiger charge is 2.61. The third-order valence-corrected chi connectivity index (χ3v) is 6.81. The largest absolute Gasteiger partial charge is 0.474 e. The van der Waals surface area contributed by atoms with E-state index < -0.39 is 95.6 Å². The van der Waals surface area contributed by atoms with Crippen LogP contribution in [0.4, 0.5) is 35.9 Å². The zero-order chi connectivity index (χ0) is 35.5. The lowest BCUT2D eigenvalue weighted by molar-refractivity contribution is -0.300. The van der Waals surface area contributed by atoms with E-state index in [1.165, 1.54) is 39.8 Å². The number of alkyl carbamates (subject to hydrolysis) is 1. The zero-order valence-corrected chi connectivity index (χ0v) is 26.1. The molecule has 4 bridgehead atoms. The third-order valence-electron chi connectivity index (χ3n) is 6.81. The van der Waals surface area contributed by atoms with Crippen molar-refractivity contribution >= 4 is 12.2 Å². The Balaban J connectivity index is 1.87. The fraction of sp³-hybridized carbons (Fsp3) is 0.500. The van der Waals surface area contributed by atoms with E-state index in [0.717, 1.165) is 0 Å². The van der Waals surface area contributed by atoms with E-state index in [1.54, 1.807) is 23.5 Å². The fourth-order valence-electron chi connectivity index (χ4n) is 4.69. The van der Waals surface area contributed by atoms with Gasteiger partial charge in [0.25, 0.3) is 11.8 Å². The lowest BCUT2D eigenvalue weighted by Gasteiger charge is -2.33. The first-order valence-electron chi connectivity index (χ1n) is 14.5. The minimum Gasteiger partial charge on any atom is -0.474 e. The van der Waals surface area contributed by atoms with Gasteiger partial charge >= 0.3 is 24.5 Å². The number of nitrogens with one attached hydrogen (secondary N) is 1. The number of halogens is 6. The van der Waals surface area contributed by atoms with Gasteiger partial charge in [0, 0.05) is 12.5 Å². The predicted octanol–water partition coefficient (Wildman–Crippen LogP) is 6.85. The number of aliphatic hydroxyl groups excluding tert-OH is 1. The van der Waals surface area contributed by atoms with Crippen molar-refractivity contribution in [2.24, 2.45) is 0 Å². The zero-order valence-electron chi connectivity index (χ0n) is 26.1. The molecule has 262 valence electrons. The number of aliphatic hydroxyl groups is 1. The molecule has 2 N–H and O–H groups in total. The van der Waals surface area contributed by atoms with Crippen LogP contribution in [0.15, 0.2) is 40.8 Å². The van der Waals surface area contributed by atoms with Crippen molar-refractivity contribution < 1.29 is 64.4 Å². The lowest BCUT2D eigenvalue weighted by atomic mass is 9.93. The first kappa shape index (κ1) is 36.4. The van der Waals surface area contributed by atoms with E-state index in [2.05, 4.69) is 15.2 Å². The minimum absolute atomic E-state index is 0.217. The van der Waals surface area contributed by atoms with E-state index in [9.17, 15) is 41.0 Å². The van der Waals surface area contributed by atoms with Gasteiger partial charge in [0.1, 0.15) is 17.3 Å². The summed E-state index contributed by atoms with van der Waals surface area (Å²) in [6.07, 6.45) is -17.3. The summed E-state index contributed by atoms with van der Waals surface area (Å²) in [5.41, 5.74) is -6.34. The first-order valence-corrected chi connectivity index (χ1v) is 14.5. The van der Waals surface area contributed by atoms with Crippen molar-refractivity contribution in [3.63, 3.8) is 0 Å². The molecular weight excluding hydrogens is 658 g/mol. The number of carbonyl (C=O) groups excluding carboxylic acids is 2. The summed E-state index contributed by atoms with van der Waals surface area (Å²) in [6.45, 7) is 5.19. The van der Waals surface area contributed by atoms with Crippen LogP contribution < -0.4 is 14.8 Å². The maximum atomic E-state index is 15.0. The number of hydrogen-bond donors (Lipinski definition) is 2. The van der Waals surface area contributed by atoms with Gasteiger partial charge in [-0.25, -0.2) is 19.9 Å². The molecule has 1 aliphatic heterocycles. The second-order valence-electron chi connectivity index (χ2n) is 11.9. The highest BCUT2D eigenvalue weighted by molar-refractivity contribution is 5.89. The Hall–Kier alpha value is -4.45. The molecule has 3 aromatic rings. The predicted molar refractivity (Wildman–Crippen MR) is 151 cm³/mol. The van der Waals surface area contributed by atoms with E-state index in [4.69, 9.17) is 23.4 Å². The third kappa shape index (κ3) is 8.91. The standard InChI is InChI=1S/C30H32F6N4O8/c1-16-13-18(41)11-8-12-28(30(34,35)36,44-15-17-9-6-5-7-10-17)24-40-39-23(47-24)21-20(14-19(29(31,32)33)22(37-21)45-16)46-25(42)38-26(43)48-27(2,3)4/h5-7,9-10,14,16,18,41H,8,11-13,15H2,1-4H3,(H,38,42,43)/t16-,18?,28-/m1/s1. The smallest absolute Gasteiger partial charge is 0.426 e. The number of fused-ring (bicyclic) bond motifs is 5. The summed E-state index contributed by atoms with van der Waals surface area (Å²) in [4.78, 5) is 28.4. The summed E-state index contributed by atoms with van der Waals surface area (Å²) in [5.74, 6) is -4.15. The number of alkyl halides is 6. The molecule has 1 aromatic carbocycles. The number of amides is 2. The number of hydrogen-bond acceptors (Lipinski definition) is 11. The molecular formula is C30H32F6N4O8. The quantitative estimate of drug-likeness (QED) is 0.276. The van der Waals surface area contributed by atoms with Gasteiger partial charge in [0.05, 0.1) is 12.7 Å². The van der Waals surface area contributed by atoms with Crippen LogP contribution in [0.1, 0.15) is 70.4 Å². The number of benzene rings is 1. The number of carbonyl (C=O) groups is 2. The van der Waals surface area contributed by atoms with E-state index in [0.29, 0.717) is 5.56 Å². The number of ether oxygens (including phenoxy) is 4. The molecule has 12 nitrogen and oxygen atoms in total. The van der Waals surface area contributed by atoms with Gasteiger partial charge in [-0.15, -0.1) is 10.2 Å². The van der Waals surface area contributed by atoms with Crippen molar-refractivity contribution in [2.75, 3.05) is 0 Å². The van der Waals surface area contributed by atoms with Crippen molar-refractivity contribution in [3.05, 3.63) is 53.4 Å². The first-order chi connectivity index (χ1) is 22.3.